The number of carboxylic acid groups (broad SMARTS) is 2. The third kappa shape index (κ3) is 7.21. The molecule has 0 bridgehead atoms. The molecule has 7 nitrogen and oxygen atoms in total. The lowest BCUT2D eigenvalue weighted by Gasteiger charge is -2.29. The maximum absolute atomic E-state index is 10.8. The van der Waals surface area contributed by atoms with Gasteiger partial charge in [0.05, 0.1) is 25.5 Å². The summed E-state index contributed by atoms with van der Waals surface area (Å²) in [7, 11) is 2.02. The van der Waals surface area contributed by atoms with Gasteiger partial charge in [-0.1, -0.05) is 20.8 Å². The molecule has 1 rings (SSSR count). The molecule has 0 spiro atoms. The van der Waals surface area contributed by atoms with Crippen LogP contribution in [0, 0.1) is 11.3 Å². The number of carboxylic acids is 2. The van der Waals surface area contributed by atoms with Crippen LogP contribution < -0.4 is 15.4 Å². The Bertz CT molecular complexity index is 491. The Morgan fingerprint density at radius 1 is 1.41 bits per heavy atom. The molecule has 126 valence electrons. The molecule has 0 saturated heterocycles. The van der Waals surface area contributed by atoms with E-state index in [0.717, 1.165) is 6.54 Å². The summed E-state index contributed by atoms with van der Waals surface area (Å²) in [6.45, 7) is 8.37. The molecule has 22 heavy (non-hydrogen) atoms. The number of aryl methyl sites for hydroxylation is 2. The maximum atomic E-state index is 10.8. The Morgan fingerprint density at radius 2 is 1.95 bits per heavy atom. The third-order valence-electron chi connectivity index (χ3n) is 3.32. The predicted molar refractivity (Wildman–Crippen MR) is 79.5 cm³/mol. The SMILES string of the molecule is CC(C)(C)C(C[C@H](N)C(=O)[O-])C(=O)O.CCn1cc[n+](C)c1. The lowest BCUT2D eigenvalue weighted by Crippen LogP contribution is -2.45. The zero-order chi connectivity index (χ0) is 17.5. The topological polar surface area (TPSA) is 112 Å². The summed E-state index contributed by atoms with van der Waals surface area (Å²) >= 11 is 0. The molecule has 0 aliphatic carbocycles. The van der Waals surface area contributed by atoms with Crippen molar-refractivity contribution >= 4 is 11.9 Å². The van der Waals surface area contributed by atoms with Gasteiger partial charge < -0.3 is 20.7 Å². The number of aromatic nitrogens is 2. The molecule has 0 fully saturated rings. The van der Waals surface area contributed by atoms with Crippen LogP contribution in [-0.2, 0) is 23.2 Å². The first-order chi connectivity index (χ1) is 9.98. The Morgan fingerprint density at radius 3 is 2.18 bits per heavy atom. The van der Waals surface area contributed by atoms with Gasteiger partial charge in [-0.05, 0) is 18.8 Å². The Balaban J connectivity index is 0.000000461. The first kappa shape index (κ1) is 20.1. The van der Waals surface area contributed by atoms with Crippen LogP contribution in [0.2, 0.25) is 0 Å². The summed E-state index contributed by atoms with van der Waals surface area (Å²) in [4.78, 5) is 21.2. The summed E-state index contributed by atoms with van der Waals surface area (Å²) in [6, 6.07) is -1.23. The van der Waals surface area contributed by atoms with Crippen molar-refractivity contribution in [2.24, 2.45) is 24.1 Å². The van der Waals surface area contributed by atoms with Crippen LogP contribution >= 0.6 is 0 Å². The van der Waals surface area contributed by atoms with E-state index in [1.807, 2.05) is 17.8 Å². The van der Waals surface area contributed by atoms with Crippen molar-refractivity contribution in [1.82, 2.24) is 4.57 Å². The average molecular weight is 313 g/mol. The van der Waals surface area contributed by atoms with E-state index in [1.165, 1.54) is 0 Å². The van der Waals surface area contributed by atoms with Gasteiger partial charge in [0.15, 0.2) is 0 Å². The predicted octanol–water partition coefficient (Wildman–Crippen LogP) is -0.467. The largest absolute Gasteiger partial charge is 0.548 e. The van der Waals surface area contributed by atoms with Gasteiger partial charge in [-0.25, -0.2) is 9.13 Å². The van der Waals surface area contributed by atoms with E-state index >= 15 is 0 Å². The molecule has 1 aromatic rings. The minimum atomic E-state index is -1.42. The first-order valence-corrected chi connectivity index (χ1v) is 7.19. The summed E-state index contributed by atoms with van der Waals surface area (Å²) in [5.74, 6) is -3.23. The number of nitrogens with zero attached hydrogens (tertiary/aromatic N) is 2. The molecule has 0 aromatic carbocycles. The van der Waals surface area contributed by atoms with Gasteiger partial charge in [0.25, 0.3) is 0 Å². The smallest absolute Gasteiger partial charge is 0.307 e. The first-order valence-electron chi connectivity index (χ1n) is 7.19. The normalized spacial score (nSPS) is 13.7. The quantitative estimate of drug-likeness (QED) is 0.714. The fraction of sp³-hybridized carbons (Fsp3) is 0.667. The van der Waals surface area contributed by atoms with Crippen LogP contribution in [0.4, 0.5) is 0 Å². The molecule has 3 N–H and O–H groups in total. The zero-order valence-corrected chi connectivity index (χ0v) is 13.9. The Kier molecular flexibility index (Phi) is 7.80. The van der Waals surface area contributed by atoms with Gasteiger partial charge in [-0.15, -0.1) is 0 Å². The van der Waals surface area contributed by atoms with Gasteiger partial charge in [-0.3, -0.25) is 4.79 Å². The van der Waals surface area contributed by atoms with Crippen molar-refractivity contribution in [2.45, 2.75) is 46.7 Å². The molecular weight excluding hydrogens is 286 g/mol. The number of carbonyl (C=O) groups excluding carboxylic acids is 1. The highest BCUT2D eigenvalue weighted by Crippen LogP contribution is 2.29. The standard InChI is InChI=1S/C9H17NO4.C6H11N2/c1-9(2,3)5(7(11)12)4-6(10)8(13)14;1-3-8-5-4-7(2)6-8/h5-6H,4,10H2,1-3H3,(H,11,12)(H,13,14);4-6H,3H2,1-2H3/q;+1/p-1/t5?,6-;/m0./s1. The van der Waals surface area contributed by atoms with Crippen molar-refractivity contribution in [3.05, 3.63) is 18.7 Å². The molecule has 1 aromatic heterocycles. The molecule has 1 unspecified atom stereocenters. The second-order valence-corrected chi connectivity index (χ2v) is 6.33. The van der Waals surface area contributed by atoms with Crippen LogP contribution in [-0.4, -0.2) is 27.7 Å². The molecule has 1 heterocycles. The summed E-state index contributed by atoms with van der Waals surface area (Å²) in [5, 5.41) is 19.2. The maximum Gasteiger partial charge on any atom is 0.307 e. The number of carbonyl (C=O) groups is 2. The van der Waals surface area contributed by atoms with E-state index in [1.54, 1.807) is 20.8 Å². The van der Waals surface area contributed by atoms with Crippen LogP contribution in [0.3, 0.4) is 0 Å². The fourth-order valence-electron chi connectivity index (χ4n) is 1.86. The number of imidazole rings is 1. The summed E-state index contributed by atoms with van der Waals surface area (Å²) in [5.41, 5.74) is 4.71. The molecular formula is C15H27N3O4. The van der Waals surface area contributed by atoms with E-state index in [4.69, 9.17) is 10.8 Å². The second kappa shape index (κ2) is 8.53. The van der Waals surface area contributed by atoms with E-state index in [2.05, 4.69) is 24.0 Å². The Hall–Kier alpha value is -1.89. The van der Waals surface area contributed by atoms with Crippen molar-refractivity contribution < 1.29 is 24.4 Å². The van der Waals surface area contributed by atoms with Gasteiger partial charge in [0.1, 0.15) is 12.4 Å². The molecule has 0 aliphatic heterocycles. The number of rotatable bonds is 5. The monoisotopic (exact) mass is 313 g/mol. The van der Waals surface area contributed by atoms with E-state index < -0.39 is 29.3 Å². The molecule has 0 amide bonds. The van der Waals surface area contributed by atoms with E-state index in [0.29, 0.717) is 0 Å². The van der Waals surface area contributed by atoms with E-state index in [9.17, 15) is 14.7 Å². The number of hydrogen-bond acceptors (Lipinski definition) is 4. The molecule has 0 aliphatic rings. The molecule has 0 saturated carbocycles. The molecule has 7 heteroatoms. The van der Waals surface area contributed by atoms with Crippen LogP contribution in [0.15, 0.2) is 18.7 Å². The van der Waals surface area contributed by atoms with Crippen LogP contribution in [0.1, 0.15) is 34.1 Å². The summed E-state index contributed by atoms with van der Waals surface area (Å²) < 4.78 is 4.16. The number of aliphatic carboxylic acids is 2. The number of hydrogen-bond donors (Lipinski definition) is 2. The summed E-state index contributed by atoms with van der Waals surface area (Å²) in [6.07, 6.45) is 6.03. The van der Waals surface area contributed by atoms with Gasteiger partial charge >= 0.3 is 5.97 Å². The van der Waals surface area contributed by atoms with Gasteiger partial charge in [-0.2, -0.15) is 0 Å². The lowest BCUT2D eigenvalue weighted by atomic mass is 9.77. The van der Waals surface area contributed by atoms with Crippen molar-refractivity contribution in [2.75, 3.05) is 0 Å². The highest BCUT2D eigenvalue weighted by molar-refractivity contribution is 5.75. The van der Waals surface area contributed by atoms with Crippen molar-refractivity contribution in [1.29, 1.82) is 0 Å². The third-order valence-corrected chi connectivity index (χ3v) is 3.32. The van der Waals surface area contributed by atoms with Crippen LogP contribution in [0.5, 0.6) is 0 Å². The highest BCUT2D eigenvalue weighted by Gasteiger charge is 2.32. The number of nitrogens with two attached hydrogens (primary N) is 1. The van der Waals surface area contributed by atoms with Gasteiger partial charge in [0, 0.05) is 6.04 Å². The molecule has 0 radical (unpaired) electrons. The lowest BCUT2D eigenvalue weighted by molar-refractivity contribution is -0.671. The molecule has 2 atom stereocenters. The Labute approximate surface area is 131 Å². The van der Waals surface area contributed by atoms with E-state index in [-0.39, 0.29) is 6.42 Å². The zero-order valence-electron chi connectivity index (χ0n) is 13.9. The van der Waals surface area contributed by atoms with Crippen LogP contribution in [0.25, 0.3) is 0 Å². The minimum absolute atomic E-state index is 0.110. The minimum Gasteiger partial charge on any atom is -0.548 e. The van der Waals surface area contributed by atoms with Crippen molar-refractivity contribution in [3.63, 3.8) is 0 Å². The highest BCUT2D eigenvalue weighted by atomic mass is 16.4. The van der Waals surface area contributed by atoms with Crippen molar-refractivity contribution in [3.8, 4) is 0 Å². The van der Waals surface area contributed by atoms with Gasteiger partial charge in [0.2, 0.25) is 6.33 Å². The average Bonchev–Trinajstić information content (AvgIpc) is 2.80. The fourth-order valence-corrected chi connectivity index (χ4v) is 1.86. The second-order valence-electron chi connectivity index (χ2n) is 6.33.